The number of nitrogens with zero attached hydrogens (tertiary/aromatic N) is 2. The van der Waals surface area contributed by atoms with Crippen LogP contribution >= 0.6 is 0 Å². The van der Waals surface area contributed by atoms with E-state index < -0.39 is 0 Å². The van der Waals surface area contributed by atoms with E-state index in [1.165, 1.54) is 54.9 Å². The summed E-state index contributed by atoms with van der Waals surface area (Å²) in [6.07, 6.45) is 16.2. The molecule has 7 atom stereocenters. The van der Waals surface area contributed by atoms with Gasteiger partial charge in [-0.1, -0.05) is 32.1 Å². The zero-order valence-electron chi connectivity index (χ0n) is 18.3. The maximum Gasteiger partial charge on any atom is 0.0574 e. The maximum absolute atomic E-state index is 10.3. The van der Waals surface area contributed by atoms with Crippen molar-refractivity contribution in [3.63, 3.8) is 0 Å². The monoisotopic (exact) mass is 402 g/mol. The number of benzene rings is 1. The van der Waals surface area contributed by atoms with Crippen LogP contribution in [0.2, 0.25) is 0 Å². The average molecular weight is 403 g/mol. The van der Waals surface area contributed by atoms with E-state index in [-0.39, 0.29) is 6.10 Å². The molecule has 3 heteroatoms. The molecule has 0 aliphatic heterocycles. The van der Waals surface area contributed by atoms with Crippen molar-refractivity contribution in [2.75, 3.05) is 0 Å². The summed E-state index contributed by atoms with van der Waals surface area (Å²) in [6, 6.07) is 6.84. The van der Waals surface area contributed by atoms with Gasteiger partial charge in [-0.15, -0.1) is 0 Å². The van der Waals surface area contributed by atoms with Crippen molar-refractivity contribution in [2.45, 2.75) is 71.3 Å². The van der Waals surface area contributed by atoms with E-state index in [0.717, 1.165) is 36.5 Å². The third-order valence-corrected chi connectivity index (χ3v) is 10.1. The highest BCUT2D eigenvalue weighted by atomic mass is 16.3. The molecule has 3 saturated carbocycles. The van der Waals surface area contributed by atoms with Crippen molar-refractivity contribution < 1.29 is 5.11 Å². The van der Waals surface area contributed by atoms with Crippen LogP contribution in [0, 0.1) is 34.5 Å². The number of allylic oxidation sites excluding steroid dienone is 2. The number of aromatic nitrogens is 2. The van der Waals surface area contributed by atoms with Crippen LogP contribution in [0.3, 0.4) is 0 Å². The molecule has 0 spiro atoms. The highest BCUT2D eigenvalue weighted by Crippen LogP contribution is 2.67. The fourth-order valence-electron chi connectivity index (χ4n) is 8.41. The van der Waals surface area contributed by atoms with Gasteiger partial charge >= 0.3 is 0 Å². The zero-order valence-corrected chi connectivity index (χ0v) is 18.3. The van der Waals surface area contributed by atoms with E-state index in [1.54, 1.807) is 5.57 Å². The summed E-state index contributed by atoms with van der Waals surface area (Å²) in [6.45, 7) is 5.14. The summed E-state index contributed by atoms with van der Waals surface area (Å²) in [5.41, 5.74) is 3.72. The maximum atomic E-state index is 10.3. The first-order valence-electron chi connectivity index (χ1n) is 12.1. The number of hydrogen-bond acceptors (Lipinski definition) is 3. The summed E-state index contributed by atoms with van der Waals surface area (Å²) in [5.74, 6) is 3.21. The number of fused-ring (bicyclic) bond motifs is 6. The molecule has 0 bridgehead atoms. The Hall–Kier alpha value is -1.74. The van der Waals surface area contributed by atoms with Gasteiger partial charge in [0.05, 0.1) is 18.5 Å². The minimum Gasteiger partial charge on any atom is -0.393 e. The topological polar surface area (TPSA) is 46.0 Å². The summed E-state index contributed by atoms with van der Waals surface area (Å²) in [4.78, 5) is 0. The predicted molar refractivity (Wildman–Crippen MR) is 121 cm³/mol. The van der Waals surface area contributed by atoms with E-state index in [9.17, 15) is 5.11 Å². The number of aliphatic hydroxyl groups excluding tert-OH is 1. The molecule has 4 aliphatic rings. The molecule has 3 nitrogen and oxygen atoms in total. The Bertz CT molecular complexity index is 1010. The standard InChI is InChI=1S/C27H34N2O/c1-26-11-9-21(30)14-20(26)5-6-22-24-8-7-23(27(24,2)12-10-25(22)26)17-3-4-18-15-28-29-16-19(18)13-17/h3-4,7,13,15-16,20-22,24-25,30H,5-6,8-12,14H2,1-2H3/t20-,21-,22-,24-,25-,26-,27+/m0/s1. The molecule has 1 heterocycles. The van der Waals surface area contributed by atoms with Gasteiger partial charge in [-0.2, -0.15) is 10.2 Å². The molecule has 158 valence electrons. The lowest BCUT2D eigenvalue weighted by Gasteiger charge is -2.60. The van der Waals surface area contributed by atoms with Gasteiger partial charge in [-0.25, -0.2) is 0 Å². The molecule has 0 unspecified atom stereocenters. The third-order valence-electron chi connectivity index (χ3n) is 10.1. The molecule has 6 rings (SSSR count). The van der Waals surface area contributed by atoms with Crippen LogP contribution in [0.25, 0.3) is 16.3 Å². The molecule has 4 aliphatic carbocycles. The van der Waals surface area contributed by atoms with Crippen LogP contribution < -0.4 is 0 Å². The number of aliphatic hydroxyl groups is 1. The molecular weight excluding hydrogens is 368 g/mol. The third kappa shape index (κ3) is 2.60. The first-order chi connectivity index (χ1) is 14.5. The van der Waals surface area contributed by atoms with Crippen LogP contribution in [0.1, 0.15) is 70.8 Å². The molecule has 2 aromatic rings. The highest BCUT2D eigenvalue weighted by Gasteiger charge is 2.58. The Labute approximate surface area is 180 Å². The van der Waals surface area contributed by atoms with Crippen LogP contribution in [-0.4, -0.2) is 21.4 Å². The minimum atomic E-state index is -0.0502. The largest absolute Gasteiger partial charge is 0.393 e. The molecule has 30 heavy (non-hydrogen) atoms. The first kappa shape index (κ1) is 19.0. The second-order valence-electron chi connectivity index (χ2n) is 11.2. The summed E-state index contributed by atoms with van der Waals surface area (Å²) >= 11 is 0. The van der Waals surface area contributed by atoms with Gasteiger partial charge in [0, 0.05) is 10.8 Å². The van der Waals surface area contributed by atoms with E-state index in [2.05, 4.69) is 48.3 Å². The summed E-state index contributed by atoms with van der Waals surface area (Å²) in [7, 11) is 0. The van der Waals surface area contributed by atoms with Crippen LogP contribution in [0.4, 0.5) is 0 Å². The number of hydrogen-bond donors (Lipinski definition) is 1. The molecular formula is C27H34N2O. The van der Waals surface area contributed by atoms with Crippen molar-refractivity contribution in [3.8, 4) is 0 Å². The van der Waals surface area contributed by atoms with E-state index in [1.807, 2.05) is 12.4 Å². The quantitative estimate of drug-likeness (QED) is 0.634. The SMILES string of the molecule is C[C@]12CC[C@H](O)C[C@@H]1CC[C@@H]1[C@@H]2CC[C@]2(C)C(c3ccc4cnncc4c3)=CC[C@@H]12. The second-order valence-corrected chi connectivity index (χ2v) is 11.2. The van der Waals surface area contributed by atoms with Gasteiger partial charge in [-0.05, 0) is 103 Å². The Balaban J connectivity index is 1.32. The Kier molecular flexibility index (Phi) is 4.19. The molecule has 0 amide bonds. The number of rotatable bonds is 1. The molecule has 0 saturated heterocycles. The van der Waals surface area contributed by atoms with Crippen molar-refractivity contribution >= 4 is 16.3 Å². The molecule has 1 aromatic heterocycles. The molecule has 1 N–H and O–H groups in total. The van der Waals surface area contributed by atoms with Crippen LogP contribution in [-0.2, 0) is 0 Å². The molecule has 1 aromatic carbocycles. The van der Waals surface area contributed by atoms with Gasteiger partial charge in [0.2, 0.25) is 0 Å². The van der Waals surface area contributed by atoms with Crippen molar-refractivity contribution in [2.24, 2.45) is 34.5 Å². The Morgan fingerprint density at radius 2 is 1.77 bits per heavy atom. The van der Waals surface area contributed by atoms with E-state index in [4.69, 9.17) is 0 Å². The van der Waals surface area contributed by atoms with Gasteiger partial charge < -0.3 is 5.11 Å². The summed E-state index contributed by atoms with van der Waals surface area (Å²) < 4.78 is 0. The van der Waals surface area contributed by atoms with Crippen molar-refractivity contribution in [3.05, 3.63) is 42.2 Å². The lowest BCUT2D eigenvalue weighted by Crippen LogP contribution is -2.53. The van der Waals surface area contributed by atoms with Crippen molar-refractivity contribution in [1.82, 2.24) is 10.2 Å². The van der Waals surface area contributed by atoms with Crippen LogP contribution in [0.5, 0.6) is 0 Å². The highest BCUT2D eigenvalue weighted by molar-refractivity contribution is 5.86. The van der Waals surface area contributed by atoms with E-state index in [0.29, 0.717) is 10.8 Å². The fraction of sp³-hybridized carbons (Fsp3) is 0.630. The smallest absolute Gasteiger partial charge is 0.0574 e. The van der Waals surface area contributed by atoms with Crippen LogP contribution in [0.15, 0.2) is 36.7 Å². The normalized spacial score (nSPS) is 42.9. The zero-order chi connectivity index (χ0) is 20.5. The summed E-state index contributed by atoms with van der Waals surface area (Å²) in [5, 5.41) is 20.8. The van der Waals surface area contributed by atoms with E-state index >= 15 is 0 Å². The van der Waals surface area contributed by atoms with Gasteiger partial charge in [0.1, 0.15) is 0 Å². The molecule has 3 fully saturated rings. The lowest BCUT2D eigenvalue weighted by molar-refractivity contribution is -0.115. The first-order valence-corrected chi connectivity index (χ1v) is 12.1. The average Bonchev–Trinajstić information content (AvgIpc) is 3.11. The Morgan fingerprint density at radius 3 is 2.63 bits per heavy atom. The van der Waals surface area contributed by atoms with Gasteiger partial charge in [0.25, 0.3) is 0 Å². The van der Waals surface area contributed by atoms with Crippen molar-refractivity contribution in [1.29, 1.82) is 0 Å². The predicted octanol–water partition coefficient (Wildman–Crippen LogP) is 6.03. The van der Waals surface area contributed by atoms with Gasteiger partial charge in [0.15, 0.2) is 0 Å². The van der Waals surface area contributed by atoms with Gasteiger partial charge in [-0.3, -0.25) is 0 Å². The minimum absolute atomic E-state index is 0.0502. The lowest BCUT2D eigenvalue weighted by atomic mass is 9.44. The molecule has 0 radical (unpaired) electrons. The Morgan fingerprint density at radius 1 is 0.933 bits per heavy atom. The second kappa shape index (κ2) is 6.63. The fourth-order valence-corrected chi connectivity index (χ4v) is 8.41.